The monoisotopic (exact) mass is 242 g/mol. The van der Waals surface area contributed by atoms with Crippen LogP contribution in [0.3, 0.4) is 0 Å². The maximum Gasteiger partial charge on any atom is 0.191 e. The molecule has 0 aliphatic rings. The van der Waals surface area contributed by atoms with E-state index >= 15 is 0 Å². The van der Waals surface area contributed by atoms with Crippen LogP contribution in [0.2, 0.25) is 0 Å². The van der Waals surface area contributed by atoms with Crippen LogP contribution < -0.4 is 5.73 Å². The lowest BCUT2D eigenvalue weighted by Crippen LogP contribution is -2.11. The van der Waals surface area contributed by atoms with Gasteiger partial charge in [0.15, 0.2) is 5.16 Å². The third-order valence-electron chi connectivity index (χ3n) is 2.63. The van der Waals surface area contributed by atoms with Crippen molar-refractivity contribution in [2.45, 2.75) is 51.9 Å². The van der Waals surface area contributed by atoms with Crippen molar-refractivity contribution in [3.63, 3.8) is 0 Å². The highest BCUT2D eigenvalue weighted by molar-refractivity contribution is 7.99. The van der Waals surface area contributed by atoms with Gasteiger partial charge in [-0.2, -0.15) is 0 Å². The zero-order valence-electron chi connectivity index (χ0n) is 10.6. The van der Waals surface area contributed by atoms with Gasteiger partial charge in [-0.25, -0.2) is 0 Å². The molecule has 5 heteroatoms. The predicted molar refractivity (Wildman–Crippen MR) is 68.5 cm³/mol. The lowest BCUT2D eigenvalue weighted by Gasteiger charge is -2.13. The van der Waals surface area contributed by atoms with E-state index in [1.54, 1.807) is 11.8 Å². The number of hydrogen-bond donors (Lipinski definition) is 1. The highest BCUT2D eigenvalue weighted by atomic mass is 32.2. The predicted octanol–water partition coefficient (Wildman–Crippen LogP) is 2.46. The van der Waals surface area contributed by atoms with Crippen molar-refractivity contribution < 1.29 is 0 Å². The number of rotatable bonds is 6. The molecule has 1 unspecified atom stereocenters. The molecular formula is C11H22N4S. The van der Waals surface area contributed by atoms with Crippen molar-refractivity contribution in [2.75, 3.05) is 5.75 Å². The summed E-state index contributed by atoms with van der Waals surface area (Å²) >= 11 is 1.78. The van der Waals surface area contributed by atoms with Crippen molar-refractivity contribution in [3.05, 3.63) is 5.82 Å². The second-order valence-electron chi connectivity index (χ2n) is 4.39. The Morgan fingerprint density at radius 2 is 2.00 bits per heavy atom. The topological polar surface area (TPSA) is 56.7 Å². The van der Waals surface area contributed by atoms with Gasteiger partial charge >= 0.3 is 0 Å². The van der Waals surface area contributed by atoms with Crippen LogP contribution in [-0.2, 0) is 6.54 Å². The number of hydrogen-bond acceptors (Lipinski definition) is 4. The molecule has 0 bridgehead atoms. The molecule has 0 aliphatic heterocycles. The molecule has 1 atom stereocenters. The largest absolute Gasteiger partial charge is 0.324 e. The zero-order valence-corrected chi connectivity index (χ0v) is 11.4. The average molecular weight is 242 g/mol. The first-order chi connectivity index (χ1) is 7.60. The highest BCUT2D eigenvalue weighted by Gasteiger charge is 2.14. The van der Waals surface area contributed by atoms with Gasteiger partial charge in [-0.3, -0.25) is 0 Å². The SMILES string of the molecule is CCC(C)CSc1nnc(CN)n1C(C)C. The summed E-state index contributed by atoms with van der Waals surface area (Å²) in [5, 5.41) is 9.33. The van der Waals surface area contributed by atoms with E-state index in [4.69, 9.17) is 5.73 Å². The molecule has 0 amide bonds. The number of nitrogens with zero attached hydrogens (tertiary/aromatic N) is 3. The number of thioether (sulfide) groups is 1. The molecule has 0 aliphatic carbocycles. The maximum atomic E-state index is 5.65. The Bertz CT molecular complexity index is 322. The lowest BCUT2D eigenvalue weighted by molar-refractivity contribution is 0.525. The van der Waals surface area contributed by atoms with Gasteiger partial charge in [0, 0.05) is 11.8 Å². The van der Waals surface area contributed by atoms with Gasteiger partial charge in [-0.1, -0.05) is 32.0 Å². The van der Waals surface area contributed by atoms with Crippen LogP contribution in [-0.4, -0.2) is 20.5 Å². The van der Waals surface area contributed by atoms with E-state index in [2.05, 4.69) is 42.5 Å². The van der Waals surface area contributed by atoms with Gasteiger partial charge in [-0.05, 0) is 19.8 Å². The van der Waals surface area contributed by atoms with Crippen molar-refractivity contribution >= 4 is 11.8 Å². The van der Waals surface area contributed by atoms with E-state index in [1.165, 1.54) is 6.42 Å². The Hall–Kier alpha value is -0.550. The van der Waals surface area contributed by atoms with E-state index < -0.39 is 0 Å². The Balaban J connectivity index is 2.75. The Kier molecular flexibility index (Phi) is 5.28. The minimum absolute atomic E-state index is 0.369. The normalized spacial score (nSPS) is 13.4. The first kappa shape index (κ1) is 13.5. The van der Waals surface area contributed by atoms with Crippen LogP contribution in [0.1, 0.15) is 46.0 Å². The Morgan fingerprint density at radius 3 is 2.50 bits per heavy atom. The molecule has 92 valence electrons. The van der Waals surface area contributed by atoms with Crippen molar-refractivity contribution in [3.8, 4) is 0 Å². The van der Waals surface area contributed by atoms with Gasteiger partial charge in [0.05, 0.1) is 6.54 Å². The quantitative estimate of drug-likeness (QED) is 0.779. The number of aromatic nitrogens is 3. The second kappa shape index (κ2) is 6.25. The smallest absolute Gasteiger partial charge is 0.191 e. The summed E-state index contributed by atoms with van der Waals surface area (Å²) in [5.41, 5.74) is 5.65. The third-order valence-corrected chi connectivity index (χ3v) is 3.90. The molecule has 2 N–H and O–H groups in total. The van der Waals surface area contributed by atoms with Gasteiger partial charge in [0.25, 0.3) is 0 Å². The molecule has 1 heterocycles. The van der Waals surface area contributed by atoms with Crippen LogP contribution in [0.5, 0.6) is 0 Å². The van der Waals surface area contributed by atoms with Crippen molar-refractivity contribution in [1.82, 2.24) is 14.8 Å². The molecule has 16 heavy (non-hydrogen) atoms. The minimum atomic E-state index is 0.369. The van der Waals surface area contributed by atoms with E-state index in [-0.39, 0.29) is 0 Å². The summed E-state index contributed by atoms with van der Waals surface area (Å²) < 4.78 is 2.13. The summed E-state index contributed by atoms with van der Waals surface area (Å²) in [6.07, 6.45) is 1.20. The first-order valence-corrected chi connectivity index (χ1v) is 6.85. The average Bonchev–Trinajstić information content (AvgIpc) is 2.68. The highest BCUT2D eigenvalue weighted by Crippen LogP contribution is 2.24. The zero-order chi connectivity index (χ0) is 12.1. The summed E-state index contributed by atoms with van der Waals surface area (Å²) in [5.74, 6) is 2.68. The van der Waals surface area contributed by atoms with Gasteiger partial charge in [0.2, 0.25) is 0 Å². The van der Waals surface area contributed by atoms with Crippen LogP contribution in [0, 0.1) is 5.92 Å². The standard InChI is InChI=1S/C11H22N4S/c1-5-9(4)7-16-11-14-13-10(6-12)15(11)8(2)3/h8-9H,5-7,12H2,1-4H3. The molecule has 0 saturated heterocycles. The summed E-state index contributed by atoms with van der Waals surface area (Å²) in [6.45, 7) is 9.19. The van der Waals surface area contributed by atoms with Crippen LogP contribution >= 0.6 is 11.8 Å². The fourth-order valence-electron chi connectivity index (χ4n) is 1.40. The summed E-state index contributed by atoms with van der Waals surface area (Å²) in [6, 6.07) is 0.369. The molecular weight excluding hydrogens is 220 g/mol. The molecule has 1 rings (SSSR count). The maximum absolute atomic E-state index is 5.65. The molecule has 0 fully saturated rings. The fraction of sp³-hybridized carbons (Fsp3) is 0.818. The minimum Gasteiger partial charge on any atom is -0.324 e. The summed E-state index contributed by atoms with van der Waals surface area (Å²) in [7, 11) is 0. The summed E-state index contributed by atoms with van der Waals surface area (Å²) in [4.78, 5) is 0. The van der Waals surface area contributed by atoms with E-state index in [1.807, 2.05) is 0 Å². The first-order valence-electron chi connectivity index (χ1n) is 5.86. The molecule has 0 radical (unpaired) electrons. The second-order valence-corrected chi connectivity index (χ2v) is 5.38. The van der Waals surface area contributed by atoms with Gasteiger partial charge in [0.1, 0.15) is 5.82 Å². The molecule has 0 aromatic carbocycles. The molecule has 1 aromatic rings. The van der Waals surface area contributed by atoms with Crippen LogP contribution in [0.25, 0.3) is 0 Å². The Labute approximate surface area is 102 Å². The fourth-order valence-corrected chi connectivity index (χ4v) is 2.62. The Morgan fingerprint density at radius 1 is 1.31 bits per heavy atom. The third kappa shape index (κ3) is 3.22. The van der Waals surface area contributed by atoms with Crippen LogP contribution in [0.4, 0.5) is 0 Å². The molecule has 0 saturated carbocycles. The van der Waals surface area contributed by atoms with Gasteiger partial charge in [-0.15, -0.1) is 10.2 Å². The van der Waals surface area contributed by atoms with E-state index in [0.717, 1.165) is 16.7 Å². The van der Waals surface area contributed by atoms with Crippen LogP contribution in [0.15, 0.2) is 5.16 Å². The number of nitrogens with two attached hydrogens (primary N) is 1. The molecule has 0 spiro atoms. The van der Waals surface area contributed by atoms with Crippen molar-refractivity contribution in [2.24, 2.45) is 11.7 Å². The molecule has 1 aromatic heterocycles. The van der Waals surface area contributed by atoms with E-state index in [0.29, 0.717) is 18.5 Å². The molecule has 4 nitrogen and oxygen atoms in total. The lowest BCUT2D eigenvalue weighted by atomic mass is 10.2. The van der Waals surface area contributed by atoms with E-state index in [9.17, 15) is 0 Å². The van der Waals surface area contributed by atoms with Crippen molar-refractivity contribution in [1.29, 1.82) is 0 Å². The van der Waals surface area contributed by atoms with Gasteiger partial charge < -0.3 is 10.3 Å².